The summed E-state index contributed by atoms with van der Waals surface area (Å²) < 4.78 is 17.8. The van der Waals surface area contributed by atoms with Gasteiger partial charge in [0.1, 0.15) is 19.0 Å². The highest BCUT2D eigenvalue weighted by molar-refractivity contribution is 5.80. The molecule has 1 nitrogen and oxygen atoms in total. The Morgan fingerprint density at radius 2 is 2.18 bits per heavy atom. The van der Waals surface area contributed by atoms with Gasteiger partial charge in [0.15, 0.2) is 0 Å². The highest BCUT2D eigenvalue weighted by Crippen LogP contribution is 2.31. The second kappa shape index (κ2) is 5.00. The summed E-state index contributed by atoms with van der Waals surface area (Å²) in [7, 11) is 0. The molecule has 0 amide bonds. The number of ether oxygens (including phenoxy) is 1. The number of rotatable bonds is 2. The summed E-state index contributed by atoms with van der Waals surface area (Å²) in [5.41, 5.74) is 4.12. The second-order valence-electron chi connectivity index (χ2n) is 3.97. The highest BCUT2D eigenvalue weighted by atomic mass is 19.1. The van der Waals surface area contributed by atoms with Gasteiger partial charge >= 0.3 is 0 Å². The van der Waals surface area contributed by atoms with E-state index in [0.717, 1.165) is 22.3 Å². The van der Waals surface area contributed by atoms with Crippen LogP contribution in [-0.2, 0) is 11.3 Å². The molecule has 0 radical (unpaired) electrons. The van der Waals surface area contributed by atoms with Crippen molar-refractivity contribution in [3.63, 3.8) is 0 Å². The maximum absolute atomic E-state index is 12.1. The first-order valence-electron chi connectivity index (χ1n) is 5.57. The standard InChI is InChI=1S/C15H15FO/c1-11-12(2)15(8-5-9-16)17-10-13-6-3-4-7-14(11)13/h3-8H,1,9-10H2,2H3/b8-5-. The number of hydrogen-bond acceptors (Lipinski definition) is 1. The topological polar surface area (TPSA) is 9.23 Å². The van der Waals surface area contributed by atoms with Crippen LogP contribution in [0.25, 0.3) is 5.57 Å². The Morgan fingerprint density at radius 1 is 1.41 bits per heavy atom. The molecule has 0 atom stereocenters. The minimum Gasteiger partial charge on any atom is -0.489 e. The molecule has 2 heteroatoms. The van der Waals surface area contributed by atoms with Gasteiger partial charge in [-0.2, -0.15) is 0 Å². The van der Waals surface area contributed by atoms with E-state index < -0.39 is 6.67 Å². The summed E-state index contributed by atoms with van der Waals surface area (Å²) in [6, 6.07) is 8.02. The predicted molar refractivity (Wildman–Crippen MR) is 68.1 cm³/mol. The molecule has 1 aliphatic rings. The number of allylic oxidation sites excluding steroid dienone is 4. The average Bonchev–Trinajstić information content (AvgIpc) is 2.48. The van der Waals surface area contributed by atoms with Gasteiger partial charge in [-0.15, -0.1) is 0 Å². The van der Waals surface area contributed by atoms with Gasteiger partial charge in [-0.25, -0.2) is 4.39 Å². The van der Waals surface area contributed by atoms with Gasteiger partial charge in [-0.1, -0.05) is 36.9 Å². The van der Waals surface area contributed by atoms with Crippen LogP contribution in [0.3, 0.4) is 0 Å². The van der Waals surface area contributed by atoms with Crippen molar-refractivity contribution in [2.45, 2.75) is 13.5 Å². The fourth-order valence-corrected chi connectivity index (χ4v) is 1.88. The molecular formula is C15H15FO. The van der Waals surface area contributed by atoms with Crippen LogP contribution in [0.4, 0.5) is 4.39 Å². The van der Waals surface area contributed by atoms with Gasteiger partial charge in [0.25, 0.3) is 0 Å². The van der Waals surface area contributed by atoms with Gasteiger partial charge in [0, 0.05) is 0 Å². The summed E-state index contributed by atoms with van der Waals surface area (Å²) in [6.45, 7) is 6.05. The Kier molecular flexibility index (Phi) is 3.43. The molecule has 0 saturated carbocycles. The molecule has 0 unspecified atom stereocenters. The lowest BCUT2D eigenvalue weighted by atomic mass is 9.96. The van der Waals surface area contributed by atoms with Crippen molar-refractivity contribution < 1.29 is 9.13 Å². The largest absolute Gasteiger partial charge is 0.489 e. The lowest BCUT2D eigenvalue weighted by molar-refractivity contribution is 0.210. The van der Waals surface area contributed by atoms with Gasteiger partial charge in [-0.05, 0) is 35.3 Å². The Hall–Kier alpha value is -1.83. The second-order valence-corrected chi connectivity index (χ2v) is 3.97. The molecule has 0 fully saturated rings. The number of alkyl halides is 1. The van der Waals surface area contributed by atoms with Gasteiger partial charge in [-0.3, -0.25) is 0 Å². The Bertz CT molecular complexity index is 497. The minimum absolute atomic E-state index is 0.487. The first kappa shape index (κ1) is 11.6. The summed E-state index contributed by atoms with van der Waals surface area (Å²) >= 11 is 0. The zero-order valence-electron chi connectivity index (χ0n) is 9.87. The molecule has 1 aliphatic heterocycles. The predicted octanol–water partition coefficient (Wildman–Crippen LogP) is 4.03. The molecule has 0 N–H and O–H groups in total. The molecule has 0 spiro atoms. The van der Waals surface area contributed by atoms with Crippen LogP contribution in [0.1, 0.15) is 18.1 Å². The quantitative estimate of drug-likeness (QED) is 0.745. The van der Waals surface area contributed by atoms with E-state index >= 15 is 0 Å². The number of halogens is 1. The molecule has 1 aromatic rings. The Morgan fingerprint density at radius 3 is 2.94 bits per heavy atom. The van der Waals surface area contributed by atoms with E-state index in [0.29, 0.717) is 12.4 Å². The van der Waals surface area contributed by atoms with Gasteiger partial charge < -0.3 is 4.74 Å². The zero-order valence-corrected chi connectivity index (χ0v) is 9.87. The van der Waals surface area contributed by atoms with E-state index in [2.05, 4.69) is 6.58 Å². The maximum Gasteiger partial charge on any atom is 0.123 e. The van der Waals surface area contributed by atoms with Crippen molar-refractivity contribution in [1.82, 2.24) is 0 Å². The van der Waals surface area contributed by atoms with Crippen molar-refractivity contribution in [3.8, 4) is 0 Å². The lowest BCUT2D eigenvalue weighted by Gasteiger charge is -2.06. The molecule has 17 heavy (non-hydrogen) atoms. The van der Waals surface area contributed by atoms with Crippen LogP contribution in [0.15, 0.2) is 54.3 Å². The lowest BCUT2D eigenvalue weighted by Crippen LogP contribution is -1.91. The van der Waals surface area contributed by atoms with Crippen molar-refractivity contribution in [2.75, 3.05) is 6.67 Å². The van der Waals surface area contributed by atoms with Crippen molar-refractivity contribution in [1.29, 1.82) is 0 Å². The fraction of sp³-hybridized carbons (Fsp3) is 0.200. The third kappa shape index (κ3) is 2.31. The number of benzene rings is 1. The summed E-state index contributed by atoms with van der Waals surface area (Å²) in [6.07, 6.45) is 3.12. The van der Waals surface area contributed by atoms with E-state index in [1.807, 2.05) is 31.2 Å². The zero-order chi connectivity index (χ0) is 12.3. The summed E-state index contributed by atoms with van der Waals surface area (Å²) in [4.78, 5) is 0. The average molecular weight is 230 g/mol. The van der Waals surface area contributed by atoms with E-state index in [1.165, 1.54) is 6.08 Å². The highest BCUT2D eigenvalue weighted by Gasteiger charge is 2.15. The van der Waals surface area contributed by atoms with Crippen LogP contribution in [0.2, 0.25) is 0 Å². The summed E-state index contributed by atoms with van der Waals surface area (Å²) in [5, 5.41) is 0. The van der Waals surface area contributed by atoms with E-state index in [-0.39, 0.29) is 0 Å². The van der Waals surface area contributed by atoms with Crippen LogP contribution in [-0.4, -0.2) is 6.67 Å². The van der Waals surface area contributed by atoms with E-state index in [1.54, 1.807) is 6.08 Å². The van der Waals surface area contributed by atoms with Crippen LogP contribution in [0, 0.1) is 0 Å². The van der Waals surface area contributed by atoms with E-state index in [9.17, 15) is 4.39 Å². The third-order valence-electron chi connectivity index (χ3n) is 2.91. The first-order chi connectivity index (χ1) is 8.24. The van der Waals surface area contributed by atoms with Crippen molar-refractivity contribution in [3.05, 3.63) is 65.5 Å². The van der Waals surface area contributed by atoms with Crippen LogP contribution in [0.5, 0.6) is 0 Å². The van der Waals surface area contributed by atoms with Crippen molar-refractivity contribution >= 4 is 5.57 Å². The fourth-order valence-electron chi connectivity index (χ4n) is 1.88. The molecule has 88 valence electrons. The summed E-state index contributed by atoms with van der Waals surface area (Å²) in [5.74, 6) is 0.698. The van der Waals surface area contributed by atoms with Crippen LogP contribution >= 0.6 is 0 Å². The SMILES string of the molecule is C=C1C(C)=C(/C=C\CF)OCc2ccccc21. The number of hydrogen-bond donors (Lipinski definition) is 0. The molecular weight excluding hydrogens is 215 g/mol. The molecule has 0 saturated heterocycles. The smallest absolute Gasteiger partial charge is 0.123 e. The minimum atomic E-state index is -0.487. The maximum atomic E-state index is 12.1. The molecule has 0 bridgehead atoms. The van der Waals surface area contributed by atoms with Crippen molar-refractivity contribution in [2.24, 2.45) is 0 Å². The molecule has 1 aromatic carbocycles. The Labute approximate surface area is 101 Å². The monoisotopic (exact) mass is 230 g/mol. The van der Waals surface area contributed by atoms with Gasteiger partial charge in [0.2, 0.25) is 0 Å². The Balaban J connectivity index is 2.42. The number of fused-ring (bicyclic) bond motifs is 1. The van der Waals surface area contributed by atoms with E-state index in [4.69, 9.17) is 4.74 Å². The molecule has 2 rings (SSSR count). The van der Waals surface area contributed by atoms with Crippen LogP contribution < -0.4 is 0 Å². The normalized spacial score (nSPS) is 15.8. The first-order valence-corrected chi connectivity index (χ1v) is 5.57. The molecule has 0 aromatic heterocycles. The molecule has 1 heterocycles. The van der Waals surface area contributed by atoms with Gasteiger partial charge in [0.05, 0.1) is 0 Å². The third-order valence-corrected chi connectivity index (χ3v) is 2.91. The molecule has 0 aliphatic carbocycles.